The minimum Gasteiger partial charge on any atom is -0.356 e. The van der Waals surface area contributed by atoms with Gasteiger partial charge in [0.2, 0.25) is 0 Å². The molecule has 112 valence electrons. The molecule has 0 bridgehead atoms. The summed E-state index contributed by atoms with van der Waals surface area (Å²) in [6, 6.07) is 7.35. The second-order valence-corrected chi connectivity index (χ2v) is 4.64. The molecule has 0 aliphatic heterocycles. The van der Waals surface area contributed by atoms with E-state index in [1.807, 2.05) is 0 Å². The molecule has 0 radical (unpaired) electrons. The first-order valence-corrected chi connectivity index (χ1v) is 6.69. The Labute approximate surface area is 124 Å². The van der Waals surface area contributed by atoms with E-state index in [2.05, 4.69) is 20.6 Å². The summed E-state index contributed by atoms with van der Waals surface area (Å²) in [5.74, 6) is -0.0280. The molecule has 0 unspecified atom stereocenters. The molecule has 8 heteroatoms. The number of aromatic nitrogens is 5. The van der Waals surface area contributed by atoms with Crippen molar-refractivity contribution in [1.82, 2.24) is 25.4 Å². The monoisotopic (exact) mass is 301 g/mol. The Hall–Kier alpha value is -2.90. The van der Waals surface area contributed by atoms with Gasteiger partial charge in [-0.25, -0.2) is 4.39 Å². The van der Waals surface area contributed by atoms with E-state index in [1.54, 1.807) is 18.2 Å². The second-order valence-electron chi connectivity index (χ2n) is 4.64. The first-order chi connectivity index (χ1) is 10.7. The Morgan fingerprint density at radius 3 is 2.82 bits per heavy atom. The van der Waals surface area contributed by atoms with Crippen molar-refractivity contribution < 1.29 is 13.7 Å². The van der Waals surface area contributed by atoms with E-state index in [1.165, 1.54) is 23.3 Å². The van der Waals surface area contributed by atoms with E-state index in [4.69, 9.17) is 4.52 Å². The lowest BCUT2D eigenvalue weighted by Gasteiger charge is -1.97. The molecule has 22 heavy (non-hydrogen) atoms. The summed E-state index contributed by atoms with van der Waals surface area (Å²) in [5.41, 5.74) is 0.922. The molecule has 2 heterocycles. The van der Waals surface area contributed by atoms with Crippen LogP contribution in [0.2, 0.25) is 0 Å². The topological polar surface area (TPSA) is 86.7 Å². The first-order valence-electron chi connectivity index (χ1n) is 6.69. The number of rotatable bonds is 6. The van der Waals surface area contributed by atoms with Crippen LogP contribution in [0.5, 0.6) is 0 Å². The van der Waals surface area contributed by atoms with E-state index in [0.29, 0.717) is 30.7 Å². The molecule has 0 saturated carbocycles. The maximum atomic E-state index is 12.9. The van der Waals surface area contributed by atoms with Crippen LogP contribution in [-0.4, -0.2) is 31.1 Å². The van der Waals surface area contributed by atoms with Gasteiger partial charge in [0.25, 0.3) is 0 Å². The number of Topliss-reactive ketones (excluding diaryl/α,β-unsaturated/α-hetero) is 1. The Kier molecular flexibility index (Phi) is 3.99. The molecule has 0 spiro atoms. The number of halogens is 1. The number of carbonyl (C=O) groups is 1. The molecule has 2 aromatic heterocycles. The quantitative estimate of drug-likeness (QED) is 0.648. The number of benzene rings is 1. The average Bonchev–Trinajstić information content (AvgIpc) is 3.19. The molecule has 7 nitrogen and oxygen atoms in total. The van der Waals surface area contributed by atoms with Crippen molar-refractivity contribution in [2.45, 2.75) is 19.4 Å². The van der Waals surface area contributed by atoms with E-state index >= 15 is 0 Å². The predicted molar refractivity (Wildman–Crippen MR) is 73.3 cm³/mol. The maximum absolute atomic E-state index is 12.9. The number of hydrogen-bond donors (Lipinski definition) is 0. The van der Waals surface area contributed by atoms with Crippen molar-refractivity contribution in [3.63, 3.8) is 0 Å². The standard InChI is InChI=1S/C14H12FN5O2/c15-11-5-3-10(4-6-11)14-8-12(18-22-14)13(21)2-1-7-20-17-9-16-19-20/h3-6,8-9H,1-2,7H2. The van der Waals surface area contributed by atoms with Gasteiger partial charge in [0.15, 0.2) is 17.9 Å². The summed E-state index contributed by atoms with van der Waals surface area (Å²) in [6.07, 6.45) is 2.22. The number of aryl methyl sites for hydroxylation is 1. The number of ketones is 1. The number of hydrogen-bond acceptors (Lipinski definition) is 6. The SMILES string of the molecule is O=C(CCCn1ncnn1)c1cc(-c2ccc(F)cc2)on1. The van der Waals surface area contributed by atoms with Gasteiger partial charge in [-0.2, -0.15) is 4.80 Å². The van der Waals surface area contributed by atoms with Gasteiger partial charge >= 0.3 is 0 Å². The molecule has 0 atom stereocenters. The van der Waals surface area contributed by atoms with Gasteiger partial charge in [0.05, 0.1) is 6.54 Å². The Bertz CT molecular complexity index is 752. The molecule has 0 aliphatic carbocycles. The second kappa shape index (κ2) is 6.25. The highest BCUT2D eigenvalue weighted by Crippen LogP contribution is 2.21. The van der Waals surface area contributed by atoms with Crippen LogP contribution in [-0.2, 0) is 6.54 Å². The van der Waals surface area contributed by atoms with Crippen molar-refractivity contribution in [3.8, 4) is 11.3 Å². The van der Waals surface area contributed by atoms with E-state index in [0.717, 1.165) is 0 Å². The van der Waals surface area contributed by atoms with E-state index < -0.39 is 0 Å². The fourth-order valence-corrected chi connectivity index (χ4v) is 1.96. The fraction of sp³-hybridized carbons (Fsp3) is 0.214. The average molecular weight is 301 g/mol. The maximum Gasteiger partial charge on any atom is 0.184 e. The Morgan fingerprint density at radius 1 is 1.27 bits per heavy atom. The summed E-state index contributed by atoms with van der Waals surface area (Å²) in [7, 11) is 0. The van der Waals surface area contributed by atoms with E-state index in [-0.39, 0.29) is 17.3 Å². The molecule has 1 aromatic carbocycles. The molecular weight excluding hydrogens is 289 g/mol. The van der Waals surface area contributed by atoms with Crippen molar-refractivity contribution in [1.29, 1.82) is 0 Å². The number of carbonyl (C=O) groups excluding carboxylic acids is 1. The zero-order valence-electron chi connectivity index (χ0n) is 11.5. The third-order valence-corrected chi connectivity index (χ3v) is 3.08. The third kappa shape index (κ3) is 3.22. The smallest absolute Gasteiger partial charge is 0.184 e. The van der Waals surface area contributed by atoms with Gasteiger partial charge in [0, 0.05) is 18.1 Å². The fourth-order valence-electron chi connectivity index (χ4n) is 1.96. The normalized spacial score (nSPS) is 10.8. The van der Waals surface area contributed by atoms with Crippen LogP contribution in [0, 0.1) is 5.82 Å². The van der Waals surface area contributed by atoms with Crippen LogP contribution in [0.25, 0.3) is 11.3 Å². The van der Waals surface area contributed by atoms with Crippen LogP contribution >= 0.6 is 0 Å². The van der Waals surface area contributed by atoms with Gasteiger partial charge < -0.3 is 4.52 Å². The van der Waals surface area contributed by atoms with Crippen LogP contribution in [0.1, 0.15) is 23.3 Å². The van der Waals surface area contributed by atoms with Crippen LogP contribution in [0.4, 0.5) is 4.39 Å². The van der Waals surface area contributed by atoms with Gasteiger partial charge in [-0.05, 0) is 35.9 Å². The van der Waals surface area contributed by atoms with E-state index in [9.17, 15) is 9.18 Å². The third-order valence-electron chi connectivity index (χ3n) is 3.08. The number of nitrogens with zero attached hydrogens (tertiary/aromatic N) is 5. The first kappa shape index (κ1) is 14.1. The summed E-state index contributed by atoms with van der Waals surface area (Å²) < 4.78 is 18.0. The van der Waals surface area contributed by atoms with Crippen molar-refractivity contribution in [2.75, 3.05) is 0 Å². The lowest BCUT2D eigenvalue weighted by molar-refractivity contribution is 0.0969. The van der Waals surface area contributed by atoms with Gasteiger partial charge in [0.1, 0.15) is 11.5 Å². The van der Waals surface area contributed by atoms with Crippen LogP contribution in [0.3, 0.4) is 0 Å². The molecule has 0 amide bonds. The molecule has 3 aromatic rings. The largest absolute Gasteiger partial charge is 0.356 e. The summed E-state index contributed by atoms with van der Waals surface area (Å²) in [5, 5.41) is 14.9. The lowest BCUT2D eigenvalue weighted by Crippen LogP contribution is -2.06. The molecular formula is C14H12FN5O2. The highest BCUT2D eigenvalue weighted by molar-refractivity contribution is 5.94. The highest BCUT2D eigenvalue weighted by Gasteiger charge is 2.13. The molecule has 0 N–H and O–H groups in total. The minimum absolute atomic E-state index is 0.128. The molecule has 0 fully saturated rings. The highest BCUT2D eigenvalue weighted by atomic mass is 19.1. The zero-order valence-corrected chi connectivity index (χ0v) is 11.5. The minimum atomic E-state index is -0.332. The summed E-state index contributed by atoms with van der Waals surface area (Å²) in [6.45, 7) is 0.508. The molecule has 0 saturated heterocycles. The number of tetrazole rings is 1. The molecule has 0 aliphatic rings. The van der Waals surface area contributed by atoms with Crippen molar-refractivity contribution >= 4 is 5.78 Å². The zero-order chi connectivity index (χ0) is 15.4. The summed E-state index contributed by atoms with van der Waals surface area (Å²) in [4.78, 5) is 13.4. The van der Waals surface area contributed by atoms with Gasteiger partial charge in [-0.1, -0.05) is 5.16 Å². The van der Waals surface area contributed by atoms with Crippen molar-refractivity contribution in [3.05, 3.63) is 48.2 Å². The summed E-state index contributed by atoms with van der Waals surface area (Å²) >= 11 is 0. The molecule has 3 rings (SSSR count). The predicted octanol–water partition coefficient (Wildman–Crippen LogP) is 2.13. The lowest BCUT2D eigenvalue weighted by atomic mass is 10.1. The Morgan fingerprint density at radius 2 is 2.09 bits per heavy atom. The Balaban J connectivity index is 1.60. The van der Waals surface area contributed by atoms with Crippen LogP contribution < -0.4 is 0 Å². The van der Waals surface area contributed by atoms with Crippen LogP contribution in [0.15, 0.2) is 41.2 Å². The van der Waals surface area contributed by atoms with Gasteiger partial charge in [-0.3, -0.25) is 4.79 Å². The van der Waals surface area contributed by atoms with Gasteiger partial charge in [-0.15, -0.1) is 10.2 Å². The van der Waals surface area contributed by atoms with Crippen molar-refractivity contribution in [2.24, 2.45) is 0 Å².